The molecule has 0 bridgehead atoms. The van der Waals surface area contributed by atoms with E-state index in [-0.39, 0.29) is 0 Å². The Balaban J connectivity index is 1.22. The first-order valence-electron chi connectivity index (χ1n) is 15.4. The summed E-state index contributed by atoms with van der Waals surface area (Å²) in [7, 11) is 0. The van der Waals surface area contributed by atoms with E-state index >= 15 is 0 Å². The van der Waals surface area contributed by atoms with Gasteiger partial charge in [-0.3, -0.25) is 0 Å². The molecule has 0 radical (unpaired) electrons. The summed E-state index contributed by atoms with van der Waals surface area (Å²) in [5.41, 5.74) is 13.8. The van der Waals surface area contributed by atoms with Crippen molar-refractivity contribution in [2.24, 2.45) is 0 Å². The van der Waals surface area contributed by atoms with Gasteiger partial charge in [0.05, 0.1) is 16.6 Å². The number of rotatable bonds is 4. The van der Waals surface area contributed by atoms with E-state index < -0.39 is 0 Å². The van der Waals surface area contributed by atoms with Gasteiger partial charge >= 0.3 is 0 Å². The van der Waals surface area contributed by atoms with Gasteiger partial charge in [-0.15, -0.1) is 0 Å². The molecule has 6 aromatic carbocycles. The van der Waals surface area contributed by atoms with Gasteiger partial charge in [0.1, 0.15) is 0 Å². The van der Waals surface area contributed by atoms with E-state index in [9.17, 15) is 0 Å². The molecule has 2 nitrogen and oxygen atoms in total. The van der Waals surface area contributed by atoms with E-state index in [4.69, 9.17) is 0 Å². The number of fused-ring (bicyclic) bond motifs is 6. The van der Waals surface area contributed by atoms with Crippen LogP contribution in [0, 0.1) is 0 Å². The summed E-state index contributed by atoms with van der Waals surface area (Å²) in [5, 5.41) is 3.86. The molecule has 2 heterocycles. The van der Waals surface area contributed by atoms with Crippen molar-refractivity contribution in [3.63, 3.8) is 0 Å². The first kappa shape index (κ1) is 24.9. The first-order valence-corrected chi connectivity index (χ1v) is 15.4. The molecular formula is C42H30N2. The van der Waals surface area contributed by atoms with Gasteiger partial charge in [-0.1, -0.05) is 103 Å². The molecule has 0 atom stereocenters. The van der Waals surface area contributed by atoms with Crippen LogP contribution in [-0.2, 0) is 6.42 Å². The van der Waals surface area contributed by atoms with Crippen molar-refractivity contribution < 1.29 is 0 Å². The SMILES string of the molecule is C1=Cc2c(n(-c3ccccc3)c3ccc(-c4ccc5c(c4)c4ccccc4n5-c4cccc(-c5ccccc5)c4)cc23)CC1. The topological polar surface area (TPSA) is 9.86 Å². The van der Waals surface area contributed by atoms with E-state index in [1.165, 1.54) is 77.6 Å². The molecule has 0 amide bonds. The second kappa shape index (κ2) is 10.00. The summed E-state index contributed by atoms with van der Waals surface area (Å²) in [6.07, 6.45) is 6.78. The predicted octanol–water partition coefficient (Wildman–Crippen LogP) is 11.0. The monoisotopic (exact) mass is 562 g/mol. The van der Waals surface area contributed by atoms with Crippen LogP contribution in [0.15, 0.2) is 152 Å². The lowest BCUT2D eigenvalue weighted by molar-refractivity contribution is 0.888. The van der Waals surface area contributed by atoms with Crippen molar-refractivity contribution in [1.82, 2.24) is 9.13 Å². The minimum Gasteiger partial charge on any atom is -0.313 e. The van der Waals surface area contributed by atoms with Crippen molar-refractivity contribution in [2.45, 2.75) is 12.8 Å². The Kier molecular flexibility index (Phi) is 5.67. The van der Waals surface area contributed by atoms with E-state index in [2.05, 4.69) is 167 Å². The second-order valence-electron chi connectivity index (χ2n) is 11.7. The van der Waals surface area contributed by atoms with E-state index in [0.717, 1.165) is 12.8 Å². The van der Waals surface area contributed by atoms with Gasteiger partial charge in [0.2, 0.25) is 0 Å². The van der Waals surface area contributed by atoms with E-state index in [1.54, 1.807) is 0 Å². The summed E-state index contributed by atoms with van der Waals surface area (Å²) in [5.74, 6) is 0. The fraction of sp³-hybridized carbons (Fsp3) is 0.0476. The van der Waals surface area contributed by atoms with Crippen molar-refractivity contribution in [1.29, 1.82) is 0 Å². The number of para-hydroxylation sites is 2. The number of hydrogen-bond donors (Lipinski definition) is 0. The standard InChI is InChI=1S/C42H30N2/c1-3-12-29(13-4-1)30-14-11-17-34(26-30)44-40-21-10-8-19-36(40)38-28-32(23-25-42(38)44)31-22-24-41-37(27-31)35-18-7-9-20-39(35)43(41)33-15-5-2-6-16-33/h1-8,10-19,21-28H,9,20H2. The lowest BCUT2D eigenvalue weighted by atomic mass is 9.98. The smallest absolute Gasteiger partial charge is 0.0541 e. The number of aromatic nitrogens is 2. The highest BCUT2D eigenvalue weighted by molar-refractivity contribution is 6.10. The molecule has 2 heteroatoms. The third-order valence-corrected chi connectivity index (χ3v) is 9.17. The number of benzene rings is 6. The molecule has 0 spiro atoms. The molecule has 0 unspecified atom stereocenters. The minimum absolute atomic E-state index is 1.06. The fourth-order valence-corrected chi connectivity index (χ4v) is 7.16. The van der Waals surface area contributed by atoms with Crippen molar-refractivity contribution >= 4 is 38.8 Å². The molecule has 0 aliphatic heterocycles. The molecule has 1 aliphatic carbocycles. The van der Waals surface area contributed by atoms with Crippen LogP contribution in [0.1, 0.15) is 17.7 Å². The number of hydrogen-bond acceptors (Lipinski definition) is 0. The van der Waals surface area contributed by atoms with Gasteiger partial charge in [0, 0.05) is 38.8 Å². The van der Waals surface area contributed by atoms with Crippen LogP contribution in [0.4, 0.5) is 0 Å². The normalized spacial score (nSPS) is 12.7. The zero-order chi connectivity index (χ0) is 29.0. The third kappa shape index (κ3) is 3.88. The largest absolute Gasteiger partial charge is 0.313 e. The highest BCUT2D eigenvalue weighted by Gasteiger charge is 2.20. The Labute approximate surface area is 256 Å². The van der Waals surface area contributed by atoms with Crippen LogP contribution in [0.2, 0.25) is 0 Å². The number of nitrogens with zero attached hydrogens (tertiary/aromatic N) is 2. The Bertz CT molecular complexity index is 2370. The molecule has 1 aliphatic rings. The maximum atomic E-state index is 2.46. The Morgan fingerprint density at radius 3 is 1.84 bits per heavy atom. The van der Waals surface area contributed by atoms with Gasteiger partial charge in [-0.25, -0.2) is 0 Å². The van der Waals surface area contributed by atoms with Crippen LogP contribution in [0.5, 0.6) is 0 Å². The lowest BCUT2D eigenvalue weighted by Gasteiger charge is -2.13. The number of allylic oxidation sites excluding steroid dienone is 1. The molecule has 0 saturated carbocycles. The molecule has 9 rings (SSSR count). The summed E-state index contributed by atoms with van der Waals surface area (Å²) < 4.78 is 4.86. The Morgan fingerprint density at radius 2 is 1.02 bits per heavy atom. The zero-order valence-corrected chi connectivity index (χ0v) is 24.3. The minimum atomic E-state index is 1.06. The lowest BCUT2D eigenvalue weighted by Crippen LogP contribution is -2.02. The molecule has 0 fully saturated rings. The maximum Gasteiger partial charge on any atom is 0.0541 e. The predicted molar refractivity (Wildman–Crippen MR) is 186 cm³/mol. The zero-order valence-electron chi connectivity index (χ0n) is 24.3. The maximum absolute atomic E-state index is 2.46. The molecular weight excluding hydrogens is 532 g/mol. The van der Waals surface area contributed by atoms with Crippen molar-refractivity contribution in [2.75, 3.05) is 0 Å². The molecule has 208 valence electrons. The molecule has 44 heavy (non-hydrogen) atoms. The fourth-order valence-electron chi connectivity index (χ4n) is 7.16. The molecule has 0 saturated heterocycles. The summed E-state index contributed by atoms with van der Waals surface area (Å²) >= 11 is 0. The Morgan fingerprint density at radius 1 is 0.409 bits per heavy atom. The van der Waals surface area contributed by atoms with Crippen LogP contribution in [-0.4, -0.2) is 9.13 Å². The molecule has 2 aromatic heterocycles. The van der Waals surface area contributed by atoms with Gasteiger partial charge in [-0.05, 0) is 89.7 Å². The quantitative estimate of drug-likeness (QED) is 0.202. The summed E-state index contributed by atoms with van der Waals surface area (Å²) in [4.78, 5) is 0. The van der Waals surface area contributed by atoms with Crippen molar-refractivity contribution in [3.8, 4) is 33.6 Å². The van der Waals surface area contributed by atoms with Crippen LogP contribution < -0.4 is 0 Å². The van der Waals surface area contributed by atoms with E-state index in [1.807, 2.05) is 0 Å². The van der Waals surface area contributed by atoms with Gasteiger partial charge in [-0.2, -0.15) is 0 Å². The van der Waals surface area contributed by atoms with Crippen LogP contribution >= 0.6 is 0 Å². The highest BCUT2D eigenvalue weighted by atomic mass is 15.0. The highest BCUT2D eigenvalue weighted by Crippen LogP contribution is 2.39. The molecule has 0 N–H and O–H groups in total. The van der Waals surface area contributed by atoms with Crippen LogP contribution in [0.25, 0.3) is 72.4 Å². The second-order valence-corrected chi connectivity index (χ2v) is 11.7. The van der Waals surface area contributed by atoms with Crippen molar-refractivity contribution in [3.05, 3.63) is 163 Å². The van der Waals surface area contributed by atoms with Gasteiger partial charge in [0.25, 0.3) is 0 Å². The van der Waals surface area contributed by atoms with Crippen LogP contribution in [0.3, 0.4) is 0 Å². The average Bonchev–Trinajstić information content (AvgIpc) is 3.61. The van der Waals surface area contributed by atoms with Gasteiger partial charge in [0.15, 0.2) is 0 Å². The average molecular weight is 563 g/mol. The first-order chi connectivity index (χ1) is 21.8. The summed E-state index contributed by atoms with van der Waals surface area (Å²) in [6.45, 7) is 0. The van der Waals surface area contributed by atoms with E-state index in [0.29, 0.717) is 0 Å². The summed E-state index contributed by atoms with van der Waals surface area (Å²) in [6, 6.07) is 53.0. The Hall–Kier alpha value is -5.60. The molecule has 8 aromatic rings. The third-order valence-electron chi connectivity index (χ3n) is 9.17. The van der Waals surface area contributed by atoms with Gasteiger partial charge < -0.3 is 9.13 Å².